The Hall–Kier alpha value is -1.95. The average molecular weight is 253 g/mol. The summed E-state index contributed by atoms with van der Waals surface area (Å²) < 4.78 is 10.4. The number of hydrogen-bond acceptors (Lipinski definition) is 5. The van der Waals surface area contributed by atoms with Gasteiger partial charge in [-0.05, 0) is 19.1 Å². The van der Waals surface area contributed by atoms with Crippen molar-refractivity contribution in [3.05, 3.63) is 17.7 Å². The predicted octanol–water partition coefficient (Wildman–Crippen LogP) is 0.825. The Kier molecular flexibility index (Phi) is 5.26. The third-order valence-electron chi connectivity index (χ3n) is 2.32. The standard InChI is InChI=1S/C12H19N3O3/c1-3-15-11-9(13)6-8(12(14)16)7-10(11)18-5-4-17-2/h6-7,15H,3-5,13H2,1-2H3,(H2,14,16). The molecule has 1 rings (SSSR count). The van der Waals surface area contributed by atoms with E-state index in [2.05, 4.69) is 5.32 Å². The van der Waals surface area contributed by atoms with Gasteiger partial charge >= 0.3 is 0 Å². The Morgan fingerprint density at radius 3 is 2.67 bits per heavy atom. The highest BCUT2D eigenvalue weighted by Gasteiger charge is 2.12. The highest BCUT2D eigenvalue weighted by molar-refractivity contribution is 5.96. The molecule has 6 heteroatoms. The molecule has 1 aromatic rings. The van der Waals surface area contributed by atoms with Gasteiger partial charge < -0.3 is 26.3 Å². The number of methoxy groups -OCH3 is 1. The van der Waals surface area contributed by atoms with Gasteiger partial charge in [0.1, 0.15) is 18.0 Å². The van der Waals surface area contributed by atoms with Crippen molar-refractivity contribution in [3.8, 4) is 5.75 Å². The van der Waals surface area contributed by atoms with Crippen LogP contribution in [0.4, 0.5) is 11.4 Å². The van der Waals surface area contributed by atoms with Crippen LogP contribution in [-0.2, 0) is 4.74 Å². The molecule has 1 aromatic carbocycles. The van der Waals surface area contributed by atoms with Gasteiger partial charge in [0, 0.05) is 19.2 Å². The smallest absolute Gasteiger partial charge is 0.248 e. The molecule has 0 fully saturated rings. The SMILES string of the molecule is CCNc1c(N)cc(C(N)=O)cc1OCCOC. The molecule has 5 N–H and O–H groups in total. The van der Waals surface area contributed by atoms with Gasteiger partial charge in [0.25, 0.3) is 0 Å². The number of nitrogen functional groups attached to an aromatic ring is 1. The molecule has 6 nitrogen and oxygen atoms in total. The fourth-order valence-corrected chi connectivity index (χ4v) is 1.49. The average Bonchev–Trinajstić information content (AvgIpc) is 2.33. The van der Waals surface area contributed by atoms with Crippen LogP contribution in [0.5, 0.6) is 5.75 Å². The zero-order valence-corrected chi connectivity index (χ0v) is 10.7. The monoisotopic (exact) mass is 253 g/mol. The molecule has 0 heterocycles. The molecule has 18 heavy (non-hydrogen) atoms. The van der Waals surface area contributed by atoms with Crippen molar-refractivity contribution in [1.82, 2.24) is 0 Å². The third kappa shape index (κ3) is 3.53. The van der Waals surface area contributed by atoms with Crippen LogP contribution < -0.4 is 21.5 Å². The summed E-state index contributed by atoms with van der Waals surface area (Å²) in [5, 5.41) is 3.09. The van der Waals surface area contributed by atoms with Crippen molar-refractivity contribution in [2.24, 2.45) is 5.73 Å². The van der Waals surface area contributed by atoms with Crippen molar-refractivity contribution in [1.29, 1.82) is 0 Å². The number of benzene rings is 1. The van der Waals surface area contributed by atoms with Gasteiger partial charge in [-0.2, -0.15) is 0 Å². The number of nitrogens with two attached hydrogens (primary N) is 2. The summed E-state index contributed by atoms with van der Waals surface area (Å²) >= 11 is 0. The Labute approximate surface area is 106 Å². The van der Waals surface area contributed by atoms with Gasteiger partial charge in [-0.15, -0.1) is 0 Å². The summed E-state index contributed by atoms with van der Waals surface area (Å²) in [6.45, 7) is 3.46. The molecule has 0 aliphatic heterocycles. The Morgan fingerprint density at radius 2 is 2.11 bits per heavy atom. The lowest BCUT2D eigenvalue weighted by molar-refractivity contribution is 0.0999. The quantitative estimate of drug-likeness (QED) is 0.493. The zero-order chi connectivity index (χ0) is 13.5. The molecule has 0 saturated heterocycles. The minimum absolute atomic E-state index is 0.321. The lowest BCUT2D eigenvalue weighted by Crippen LogP contribution is -2.14. The number of rotatable bonds is 7. The number of primary amides is 1. The van der Waals surface area contributed by atoms with Gasteiger partial charge in [-0.25, -0.2) is 0 Å². The first-order valence-corrected chi connectivity index (χ1v) is 5.69. The van der Waals surface area contributed by atoms with Crippen LogP contribution in [0.25, 0.3) is 0 Å². The molecule has 0 bridgehead atoms. The van der Waals surface area contributed by atoms with E-state index in [0.717, 1.165) is 0 Å². The molecule has 0 radical (unpaired) electrons. The van der Waals surface area contributed by atoms with Crippen LogP contribution in [0.2, 0.25) is 0 Å². The fraction of sp³-hybridized carbons (Fsp3) is 0.417. The van der Waals surface area contributed by atoms with Crippen LogP contribution in [0.1, 0.15) is 17.3 Å². The molecule has 0 aliphatic rings. The second-order valence-electron chi connectivity index (χ2n) is 3.67. The van der Waals surface area contributed by atoms with Gasteiger partial charge in [-0.3, -0.25) is 4.79 Å². The first-order valence-electron chi connectivity index (χ1n) is 5.69. The maximum atomic E-state index is 11.2. The number of carbonyl (C=O) groups excluding carboxylic acids is 1. The summed E-state index contributed by atoms with van der Waals surface area (Å²) in [5.41, 5.74) is 12.5. The van der Waals surface area contributed by atoms with Gasteiger partial charge in [0.15, 0.2) is 0 Å². The lowest BCUT2D eigenvalue weighted by Gasteiger charge is -2.15. The largest absolute Gasteiger partial charge is 0.489 e. The van der Waals surface area contributed by atoms with Crippen molar-refractivity contribution >= 4 is 17.3 Å². The number of anilines is 2. The number of amides is 1. The minimum atomic E-state index is -0.540. The van der Waals surface area contributed by atoms with E-state index >= 15 is 0 Å². The fourth-order valence-electron chi connectivity index (χ4n) is 1.49. The molecule has 100 valence electrons. The number of nitrogens with one attached hydrogen (secondary N) is 1. The van der Waals surface area contributed by atoms with Crippen LogP contribution in [-0.4, -0.2) is 32.8 Å². The number of ether oxygens (including phenoxy) is 2. The number of hydrogen-bond donors (Lipinski definition) is 3. The van der Waals surface area contributed by atoms with E-state index in [-0.39, 0.29) is 0 Å². The molecule has 0 unspecified atom stereocenters. The summed E-state index contributed by atoms with van der Waals surface area (Å²) in [7, 11) is 1.59. The minimum Gasteiger partial charge on any atom is -0.489 e. The normalized spacial score (nSPS) is 10.1. The highest BCUT2D eigenvalue weighted by atomic mass is 16.5. The lowest BCUT2D eigenvalue weighted by atomic mass is 10.1. The van der Waals surface area contributed by atoms with Gasteiger partial charge in [0.05, 0.1) is 12.3 Å². The van der Waals surface area contributed by atoms with Crippen molar-refractivity contribution in [2.75, 3.05) is 37.9 Å². The zero-order valence-electron chi connectivity index (χ0n) is 10.7. The maximum absolute atomic E-state index is 11.2. The highest BCUT2D eigenvalue weighted by Crippen LogP contribution is 2.32. The Morgan fingerprint density at radius 1 is 1.39 bits per heavy atom. The van der Waals surface area contributed by atoms with Crippen molar-refractivity contribution in [2.45, 2.75) is 6.92 Å². The van der Waals surface area contributed by atoms with E-state index in [1.165, 1.54) is 6.07 Å². The van der Waals surface area contributed by atoms with E-state index in [1.54, 1.807) is 13.2 Å². The van der Waals surface area contributed by atoms with Crippen LogP contribution in [0.15, 0.2) is 12.1 Å². The van der Waals surface area contributed by atoms with Crippen molar-refractivity contribution < 1.29 is 14.3 Å². The van der Waals surface area contributed by atoms with E-state index < -0.39 is 5.91 Å². The van der Waals surface area contributed by atoms with Crippen LogP contribution >= 0.6 is 0 Å². The molecule has 0 saturated carbocycles. The maximum Gasteiger partial charge on any atom is 0.248 e. The molecular weight excluding hydrogens is 234 g/mol. The Bertz CT molecular complexity index is 421. The predicted molar refractivity (Wildman–Crippen MR) is 70.9 cm³/mol. The Balaban J connectivity index is 3.03. The van der Waals surface area contributed by atoms with Crippen LogP contribution in [0, 0.1) is 0 Å². The topological polar surface area (TPSA) is 99.6 Å². The van der Waals surface area contributed by atoms with E-state index in [4.69, 9.17) is 20.9 Å². The molecule has 0 atom stereocenters. The molecule has 1 amide bonds. The first-order chi connectivity index (χ1) is 8.60. The first kappa shape index (κ1) is 14.1. The van der Waals surface area contributed by atoms with Crippen LogP contribution in [0.3, 0.4) is 0 Å². The van der Waals surface area contributed by atoms with Crippen molar-refractivity contribution in [3.63, 3.8) is 0 Å². The summed E-state index contributed by atoms with van der Waals surface area (Å²) in [6, 6.07) is 3.11. The second-order valence-corrected chi connectivity index (χ2v) is 3.67. The van der Waals surface area contributed by atoms with Gasteiger partial charge in [-0.1, -0.05) is 0 Å². The third-order valence-corrected chi connectivity index (χ3v) is 2.32. The number of carbonyl (C=O) groups is 1. The van der Waals surface area contributed by atoms with E-state index in [9.17, 15) is 4.79 Å². The summed E-state index contributed by atoms with van der Waals surface area (Å²) in [6.07, 6.45) is 0. The molecule has 0 aliphatic carbocycles. The molecular formula is C12H19N3O3. The summed E-state index contributed by atoms with van der Waals surface area (Å²) in [5.74, 6) is -0.0379. The molecule has 0 spiro atoms. The molecule has 0 aromatic heterocycles. The van der Waals surface area contributed by atoms with E-state index in [1.807, 2.05) is 6.92 Å². The van der Waals surface area contributed by atoms with Gasteiger partial charge in [0.2, 0.25) is 5.91 Å². The summed E-state index contributed by atoms with van der Waals surface area (Å²) in [4.78, 5) is 11.2. The second kappa shape index (κ2) is 6.70. The van der Waals surface area contributed by atoms with E-state index in [0.29, 0.717) is 42.4 Å².